The molecule has 2 rings (SSSR count). The zero-order valence-electron chi connectivity index (χ0n) is 12.1. The van der Waals surface area contributed by atoms with E-state index in [9.17, 15) is 0 Å². The van der Waals surface area contributed by atoms with Crippen molar-refractivity contribution in [2.45, 2.75) is 51.7 Å². The zero-order valence-corrected chi connectivity index (χ0v) is 13.7. The van der Waals surface area contributed by atoms with E-state index in [-0.39, 0.29) is 5.54 Å². The quantitative estimate of drug-likeness (QED) is 0.921. The highest BCUT2D eigenvalue weighted by molar-refractivity contribution is 9.10. The van der Waals surface area contributed by atoms with Crippen LogP contribution in [-0.4, -0.2) is 34.6 Å². The second kappa shape index (κ2) is 6.33. The highest BCUT2D eigenvalue weighted by atomic mass is 79.9. The van der Waals surface area contributed by atoms with Crippen LogP contribution in [0, 0.1) is 0 Å². The van der Waals surface area contributed by atoms with Crippen LogP contribution in [-0.2, 0) is 6.54 Å². The molecule has 1 aromatic rings. The molecule has 4 heteroatoms. The highest BCUT2D eigenvalue weighted by Gasteiger charge is 2.33. The van der Waals surface area contributed by atoms with Gasteiger partial charge in [-0.25, -0.2) is 0 Å². The zero-order chi connectivity index (χ0) is 13.9. The SMILES string of the molecule is CCC1CNC(C)(CC)CN1Cc1ccc(Br)cn1. The predicted octanol–water partition coefficient (Wildman–Crippen LogP) is 3.20. The molecule has 0 saturated carbocycles. The fourth-order valence-electron chi connectivity index (χ4n) is 2.66. The lowest BCUT2D eigenvalue weighted by atomic mass is 9.92. The minimum Gasteiger partial charge on any atom is -0.309 e. The molecular formula is C15H24BrN3. The largest absolute Gasteiger partial charge is 0.309 e. The summed E-state index contributed by atoms with van der Waals surface area (Å²) in [6, 6.07) is 4.80. The van der Waals surface area contributed by atoms with Crippen LogP contribution in [0.1, 0.15) is 39.3 Å². The van der Waals surface area contributed by atoms with E-state index >= 15 is 0 Å². The third-order valence-electron chi connectivity index (χ3n) is 4.24. The number of halogens is 1. The van der Waals surface area contributed by atoms with Gasteiger partial charge in [-0.1, -0.05) is 13.8 Å². The second-order valence-electron chi connectivity index (χ2n) is 5.73. The average Bonchev–Trinajstić information content (AvgIpc) is 2.42. The Bertz CT molecular complexity index is 406. The Morgan fingerprint density at radius 1 is 1.47 bits per heavy atom. The van der Waals surface area contributed by atoms with Gasteiger partial charge >= 0.3 is 0 Å². The van der Waals surface area contributed by atoms with Crippen LogP contribution < -0.4 is 5.32 Å². The van der Waals surface area contributed by atoms with E-state index in [0.717, 1.165) is 36.2 Å². The van der Waals surface area contributed by atoms with Crippen molar-refractivity contribution in [1.82, 2.24) is 15.2 Å². The van der Waals surface area contributed by atoms with Crippen molar-refractivity contribution in [1.29, 1.82) is 0 Å². The standard InChI is InChI=1S/C15H24BrN3/c1-4-14-9-18-15(3,5-2)11-19(14)10-13-7-6-12(16)8-17-13/h6-8,14,18H,4-5,9-11H2,1-3H3. The minimum atomic E-state index is 0.237. The summed E-state index contributed by atoms with van der Waals surface area (Å²) < 4.78 is 1.04. The fraction of sp³-hybridized carbons (Fsp3) is 0.667. The summed E-state index contributed by atoms with van der Waals surface area (Å²) in [5, 5.41) is 3.70. The first-order chi connectivity index (χ1) is 9.06. The summed E-state index contributed by atoms with van der Waals surface area (Å²) in [6.45, 7) is 9.97. The van der Waals surface area contributed by atoms with Gasteiger partial charge in [0, 0.05) is 41.9 Å². The summed E-state index contributed by atoms with van der Waals surface area (Å²) in [4.78, 5) is 7.09. The Kier molecular flexibility index (Phi) is 4.98. The lowest BCUT2D eigenvalue weighted by Gasteiger charge is -2.45. The first-order valence-corrected chi connectivity index (χ1v) is 7.95. The van der Waals surface area contributed by atoms with Gasteiger partial charge in [0.2, 0.25) is 0 Å². The molecule has 0 aromatic carbocycles. The Morgan fingerprint density at radius 3 is 2.84 bits per heavy atom. The molecule has 1 saturated heterocycles. The molecule has 0 radical (unpaired) electrons. The maximum Gasteiger partial charge on any atom is 0.0544 e. The minimum absolute atomic E-state index is 0.237. The lowest BCUT2D eigenvalue weighted by Crippen LogP contribution is -2.62. The molecule has 1 aromatic heterocycles. The number of nitrogens with one attached hydrogen (secondary N) is 1. The van der Waals surface area contributed by atoms with E-state index in [2.05, 4.69) is 64.0 Å². The highest BCUT2D eigenvalue weighted by Crippen LogP contribution is 2.22. The maximum atomic E-state index is 4.51. The molecule has 106 valence electrons. The monoisotopic (exact) mass is 325 g/mol. The number of piperazine rings is 1. The third-order valence-corrected chi connectivity index (χ3v) is 4.71. The average molecular weight is 326 g/mol. The van der Waals surface area contributed by atoms with Crippen molar-refractivity contribution in [3.8, 4) is 0 Å². The summed E-state index contributed by atoms with van der Waals surface area (Å²) in [7, 11) is 0. The van der Waals surface area contributed by atoms with Crippen molar-refractivity contribution >= 4 is 15.9 Å². The normalized spacial score (nSPS) is 28.5. The second-order valence-corrected chi connectivity index (χ2v) is 6.65. The van der Waals surface area contributed by atoms with Gasteiger partial charge < -0.3 is 5.32 Å². The molecule has 0 bridgehead atoms. The topological polar surface area (TPSA) is 28.2 Å². The van der Waals surface area contributed by atoms with Gasteiger partial charge in [-0.2, -0.15) is 0 Å². The van der Waals surface area contributed by atoms with Crippen molar-refractivity contribution in [3.05, 3.63) is 28.5 Å². The molecule has 1 fully saturated rings. The molecule has 2 heterocycles. The van der Waals surface area contributed by atoms with E-state index in [1.807, 2.05) is 6.20 Å². The molecule has 0 amide bonds. The lowest BCUT2D eigenvalue weighted by molar-refractivity contribution is 0.0744. The number of pyridine rings is 1. The van der Waals surface area contributed by atoms with Gasteiger partial charge in [-0.05, 0) is 47.8 Å². The van der Waals surface area contributed by atoms with Crippen LogP contribution in [0.25, 0.3) is 0 Å². The van der Waals surface area contributed by atoms with E-state index < -0.39 is 0 Å². The molecule has 1 N–H and O–H groups in total. The molecular weight excluding hydrogens is 302 g/mol. The van der Waals surface area contributed by atoms with Gasteiger partial charge in [0.25, 0.3) is 0 Å². The molecule has 19 heavy (non-hydrogen) atoms. The molecule has 1 aliphatic heterocycles. The summed E-state index contributed by atoms with van der Waals surface area (Å²) in [5.41, 5.74) is 1.39. The van der Waals surface area contributed by atoms with Gasteiger partial charge in [0.15, 0.2) is 0 Å². The Hall–Kier alpha value is -0.450. The van der Waals surface area contributed by atoms with Crippen molar-refractivity contribution in [3.63, 3.8) is 0 Å². The van der Waals surface area contributed by atoms with Crippen molar-refractivity contribution in [2.24, 2.45) is 0 Å². The Morgan fingerprint density at radius 2 is 2.26 bits per heavy atom. The van der Waals surface area contributed by atoms with Gasteiger partial charge in [0.05, 0.1) is 5.69 Å². The van der Waals surface area contributed by atoms with E-state index in [0.29, 0.717) is 6.04 Å². The summed E-state index contributed by atoms with van der Waals surface area (Å²) in [6.07, 6.45) is 4.23. The summed E-state index contributed by atoms with van der Waals surface area (Å²) >= 11 is 3.44. The molecule has 3 nitrogen and oxygen atoms in total. The van der Waals surface area contributed by atoms with Crippen LogP contribution in [0.3, 0.4) is 0 Å². The smallest absolute Gasteiger partial charge is 0.0544 e. The Balaban J connectivity index is 2.08. The van der Waals surface area contributed by atoms with E-state index in [4.69, 9.17) is 0 Å². The van der Waals surface area contributed by atoms with Crippen LogP contribution in [0.4, 0.5) is 0 Å². The van der Waals surface area contributed by atoms with E-state index in [1.54, 1.807) is 0 Å². The van der Waals surface area contributed by atoms with Crippen LogP contribution in [0.15, 0.2) is 22.8 Å². The molecule has 0 aliphatic carbocycles. The van der Waals surface area contributed by atoms with Gasteiger partial charge in [-0.3, -0.25) is 9.88 Å². The first-order valence-electron chi connectivity index (χ1n) is 7.16. The molecule has 0 spiro atoms. The predicted molar refractivity (Wildman–Crippen MR) is 83.1 cm³/mol. The number of hydrogen-bond acceptors (Lipinski definition) is 3. The Labute approximate surface area is 124 Å². The molecule has 2 unspecified atom stereocenters. The third kappa shape index (κ3) is 3.77. The number of rotatable bonds is 4. The number of hydrogen-bond donors (Lipinski definition) is 1. The van der Waals surface area contributed by atoms with Crippen molar-refractivity contribution in [2.75, 3.05) is 13.1 Å². The van der Waals surface area contributed by atoms with Crippen LogP contribution >= 0.6 is 15.9 Å². The van der Waals surface area contributed by atoms with E-state index in [1.165, 1.54) is 6.42 Å². The van der Waals surface area contributed by atoms with Crippen molar-refractivity contribution < 1.29 is 0 Å². The van der Waals surface area contributed by atoms with Gasteiger partial charge in [0.1, 0.15) is 0 Å². The summed E-state index contributed by atoms with van der Waals surface area (Å²) in [5.74, 6) is 0. The van der Waals surface area contributed by atoms with Gasteiger partial charge in [-0.15, -0.1) is 0 Å². The fourth-order valence-corrected chi connectivity index (χ4v) is 2.89. The molecule has 1 aliphatic rings. The molecule has 2 atom stereocenters. The van der Waals surface area contributed by atoms with Crippen LogP contribution in [0.2, 0.25) is 0 Å². The van der Waals surface area contributed by atoms with Crippen LogP contribution in [0.5, 0.6) is 0 Å². The number of nitrogens with zero attached hydrogens (tertiary/aromatic N) is 2. The first kappa shape index (κ1) is 14.9. The number of aromatic nitrogens is 1. The maximum absolute atomic E-state index is 4.51.